The standard InChI is InChI=1S/C8H9N2/c9-10-6-5-7-3-1-2-4-8(7)10/h1,3-4H,5-6,9H2. The van der Waals surface area contributed by atoms with Gasteiger partial charge in [-0.25, -0.2) is 5.84 Å². The van der Waals surface area contributed by atoms with Gasteiger partial charge in [0.2, 0.25) is 0 Å². The van der Waals surface area contributed by atoms with E-state index in [1.54, 1.807) is 5.01 Å². The quantitative estimate of drug-likeness (QED) is 0.528. The summed E-state index contributed by atoms with van der Waals surface area (Å²) in [5, 5.41) is 1.77. The second-order valence-corrected chi connectivity index (χ2v) is 2.50. The third-order valence-corrected chi connectivity index (χ3v) is 1.86. The summed E-state index contributed by atoms with van der Waals surface area (Å²) in [6.45, 7) is 0.938. The number of hydrogen-bond acceptors (Lipinski definition) is 2. The maximum atomic E-state index is 5.66. The zero-order valence-corrected chi connectivity index (χ0v) is 5.67. The Balaban J connectivity index is 2.51. The van der Waals surface area contributed by atoms with Crippen LogP contribution in [0.15, 0.2) is 18.2 Å². The van der Waals surface area contributed by atoms with Gasteiger partial charge < -0.3 is 5.01 Å². The zero-order chi connectivity index (χ0) is 6.97. The number of hydrogen-bond donors (Lipinski definition) is 1. The molecule has 2 heteroatoms. The third-order valence-electron chi connectivity index (χ3n) is 1.86. The lowest BCUT2D eigenvalue weighted by molar-refractivity contribution is 0.891. The first kappa shape index (κ1) is 5.74. The Kier molecular flexibility index (Phi) is 1.14. The van der Waals surface area contributed by atoms with Gasteiger partial charge in [0.05, 0.1) is 5.69 Å². The minimum atomic E-state index is 0.938. The molecule has 2 rings (SSSR count). The van der Waals surface area contributed by atoms with E-state index in [0.29, 0.717) is 0 Å². The second kappa shape index (κ2) is 1.99. The van der Waals surface area contributed by atoms with Gasteiger partial charge in [0.15, 0.2) is 0 Å². The fourth-order valence-electron chi connectivity index (χ4n) is 1.29. The van der Waals surface area contributed by atoms with Gasteiger partial charge in [-0.1, -0.05) is 12.1 Å². The molecule has 1 radical (unpaired) electrons. The molecule has 0 atom stereocenters. The van der Waals surface area contributed by atoms with Gasteiger partial charge in [-0.3, -0.25) is 0 Å². The minimum absolute atomic E-state index is 0.938. The normalized spacial score (nSPS) is 15.5. The van der Waals surface area contributed by atoms with Crippen molar-refractivity contribution >= 4 is 5.69 Å². The number of hydrazine groups is 1. The molecule has 51 valence electrons. The predicted octanol–water partition coefficient (Wildman–Crippen LogP) is 0.723. The molecule has 1 aromatic carbocycles. The summed E-state index contributed by atoms with van der Waals surface area (Å²) >= 11 is 0. The van der Waals surface area contributed by atoms with Crippen molar-refractivity contribution < 1.29 is 0 Å². The molecule has 2 N–H and O–H groups in total. The smallest absolute Gasteiger partial charge is 0.0556 e. The van der Waals surface area contributed by atoms with Crippen LogP contribution >= 0.6 is 0 Å². The third kappa shape index (κ3) is 0.693. The van der Waals surface area contributed by atoms with Crippen LogP contribution in [-0.4, -0.2) is 6.54 Å². The topological polar surface area (TPSA) is 29.3 Å². The summed E-state index contributed by atoms with van der Waals surface area (Å²) < 4.78 is 0. The lowest BCUT2D eigenvalue weighted by Gasteiger charge is -2.09. The molecule has 0 fully saturated rings. The van der Waals surface area contributed by atoms with Crippen molar-refractivity contribution in [2.45, 2.75) is 6.42 Å². The lowest BCUT2D eigenvalue weighted by Crippen LogP contribution is -2.27. The van der Waals surface area contributed by atoms with Gasteiger partial charge in [0.25, 0.3) is 0 Å². The molecule has 2 nitrogen and oxygen atoms in total. The van der Waals surface area contributed by atoms with Crippen molar-refractivity contribution in [1.82, 2.24) is 0 Å². The van der Waals surface area contributed by atoms with Crippen LogP contribution < -0.4 is 10.9 Å². The van der Waals surface area contributed by atoms with E-state index in [4.69, 9.17) is 5.84 Å². The largest absolute Gasteiger partial charge is 0.310 e. The number of rotatable bonds is 0. The number of fused-ring (bicyclic) bond motifs is 1. The first-order valence-electron chi connectivity index (χ1n) is 3.39. The predicted molar refractivity (Wildman–Crippen MR) is 40.5 cm³/mol. The van der Waals surface area contributed by atoms with Gasteiger partial charge in [-0.15, -0.1) is 0 Å². The van der Waals surface area contributed by atoms with E-state index in [1.165, 1.54) is 5.56 Å². The van der Waals surface area contributed by atoms with E-state index in [1.807, 2.05) is 12.1 Å². The molecule has 1 heterocycles. The average Bonchev–Trinajstić information content (AvgIpc) is 2.34. The molecule has 1 aliphatic rings. The number of nitrogens with zero attached hydrogens (tertiary/aromatic N) is 1. The molecular formula is C8H9N2. The van der Waals surface area contributed by atoms with Crippen LogP contribution in [-0.2, 0) is 6.42 Å². The van der Waals surface area contributed by atoms with Crippen LogP contribution in [0.4, 0.5) is 5.69 Å². The van der Waals surface area contributed by atoms with Crippen LogP contribution in [0.2, 0.25) is 0 Å². The number of anilines is 1. The molecule has 1 aliphatic heterocycles. The van der Waals surface area contributed by atoms with Crippen molar-refractivity contribution in [3.05, 3.63) is 29.8 Å². The highest BCUT2D eigenvalue weighted by Crippen LogP contribution is 2.23. The van der Waals surface area contributed by atoms with E-state index in [0.717, 1.165) is 18.7 Å². The number of nitrogens with two attached hydrogens (primary N) is 1. The van der Waals surface area contributed by atoms with Crippen molar-refractivity contribution in [3.8, 4) is 0 Å². The summed E-state index contributed by atoms with van der Waals surface area (Å²) in [5.41, 5.74) is 2.46. The molecule has 0 aromatic heterocycles. The maximum Gasteiger partial charge on any atom is 0.0556 e. The van der Waals surface area contributed by atoms with Gasteiger partial charge >= 0.3 is 0 Å². The molecule has 10 heavy (non-hydrogen) atoms. The fourth-order valence-corrected chi connectivity index (χ4v) is 1.29. The van der Waals surface area contributed by atoms with Gasteiger partial charge in [0, 0.05) is 6.54 Å². The first-order chi connectivity index (χ1) is 4.88. The average molecular weight is 133 g/mol. The molecule has 0 saturated heterocycles. The van der Waals surface area contributed by atoms with Crippen molar-refractivity contribution in [3.63, 3.8) is 0 Å². The zero-order valence-electron chi connectivity index (χ0n) is 5.67. The molecule has 0 bridgehead atoms. The van der Waals surface area contributed by atoms with Crippen LogP contribution in [0.25, 0.3) is 0 Å². The number of benzene rings is 1. The molecule has 0 spiro atoms. The monoisotopic (exact) mass is 133 g/mol. The molecule has 0 amide bonds. The Bertz CT molecular complexity index is 245. The van der Waals surface area contributed by atoms with E-state index in [-0.39, 0.29) is 0 Å². The van der Waals surface area contributed by atoms with Crippen LogP contribution in [0.1, 0.15) is 5.56 Å². The minimum Gasteiger partial charge on any atom is -0.310 e. The maximum absolute atomic E-state index is 5.66. The highest BCUT2D eigenvalue weighted by Gasteiger charge is 2.13. The van der Waals surface area contributed by atoms with Crippen molar-refractivity contribution in [2.75, 3.05) is 11.6 Å². The Hall–Kier alpha value is -1.02. The Morgan fingerprint density at radius 1 is 1.60 bits per heavy atom. The van der Waals surface area contributed by atoms with E-state index >= 15 is 0 Å². The summed E-state index contributed by atoms with van der Waals surface area (Å²) in [5.74, 6) is 5.66. The first-order valence-corrected chi connectivity index (χ1v) is 3.39. The highest BCUT2D eigenvalue weighted by molar-refractivity contribution is 5.55. The van der Waals surface area contributed by atoms with E-state index in [9.17, 15) is 0 Å². The van der Waals surface area contributed by atoms with Gasteiger partial charge in [0.1, 0.15) is 0 Å². The summed E-state index contributed by atoms with van der Waals surface area (Å²) in [6, 6.07) is 8.93. The molecule has 0 saturated carbocycles. The Morgan fingerprint density at radius 3 is 3.30 bits per heavy atom. The molecule has 0 unspecified atom stereocenters. The Labute approximate surface area is 60.2 Å². The fraction of sp³-hybridized carbons (Fsp3) is 0.250. The Morgan fingerprint density at radius 2 is 2.50 bits per heavy atom. The van der Waals surface area contributed by atoms with Gasteiger partial charge in [-0.05, 0) is 24.1 Å². The summed E-state index contributed by atoms with van der Waals surface area (Å²) in [6.07, 6.45) is 1.07. The van der Waals surface area contributed by atoms with Crippen LogP contribution in [0, 0.1) is 6.07 Å². The van der Waals surface area contributed by atoms with Crippen molar-refractivity contribution in [1.29, 1.82) is 0 Å². The summed E-state index contributed by atoms with van der Waals surface area (Å²) in [7, 11) is 0. The summed E-state index contributed by atoms with van der Waals surface area (Å²) in [4.78, 5) is 0. The lowest BCUT2D eigenvalue weighted by atomic mass is 10.2. The molecule has 1 aromatic rings. The van der Waals surface area contributed by atoms with E-state index < -0.39 is 0 Å². The molecular weight excluding hydrogens is 124 g/mol. The van der Waals surface area contributed by atoms with Crippen molar-refractivity contribution in [2.24, 2.45) is 5.84 Å². The van der Waals surface area contributed by atoms with Crippen LogP contribution in [0.3, 0.4) is 0 Å². The highest BCUT2D eigenvalue weighted by atomic mass is 15.4. The van der Waals surface area contributed by atoms with Crippen LogP contribution in [0.5, 0.6) is 0 Å². The van der Waals surface area contributed by atoms with E-state index in [2.05, 4.69) is 12.1 Å². The molecule has 0 aliphatic carbocycles. The SMILES string of the molecule is NN1CCc2cc[c]cc21. The second-order valence-electron chi connectivity index (χ2n) is 2.50. The van der Waals surface area contributed by atoms with Gasteiger partial charge in [-0.2, -0.15) is 0 Å².